The lowest BCUT2D eigenvalue weighted by atomic mass is 10.1. The van der Waals surface area contributed by atoms with Crippen LogP contribution in [0.25, 0.3) is 0 Å². The van der Waals surface area contributed by atoms with Gasteiger partial charge in [0.25, 0.3) is 0 Å². The van der Waals surface area contributed by atoms with Crippen LogP contribution >= 0.6 is 12.2 Å². The minimum atomic E-state index is 0.0481. The van der Waals surface area contributed by atoms with E-state index in [2.05, 4.69) is 5.32 Å². The van der Waals surface area contributed by atoms with Gasteiger partial charge in [-0.15, -0.1) is 0 Å². The Morgan fingerprint density at radius 3 is 2.38 bits per heavy atom. The molecule has 1 unspecified atom stereocenters. The summed E-state index contributed by atoms with van der Waals surface area (Å²) in [5.41, 5.74) is 5.55. The molecule has 0 aliphatic heterocycles. The lowest BCUT2D eigenvalue weighted by molar-refractivity contribution is -0.122. The Morgan fingerprint density at radius 2 is 2.00 bits per heavy atom. The van der Waals surface area contributed by atoms with Gasteiger partial charge in [0.2, 0.25) is 5.91 Å². The van der Waals surface area contributed by atoms with Crippen molar-refractivity contribution < 1.29 is 4.79 Å². The van der Waals surface area contributed by atoms with Crippen LogP contribution in [0.1, 0.15) is 27.7 Å². The van der Waals surface area contributed by atoms with E-state index in [1.54, 1.807) is 0 Å². The van der Waals surface area contributed by atoms with Crippen LogP contribution in [0.5, 0.6) is 0 Å². The predicted octanol–water partition coefficient (Wildman–Crippen LogP) is 0.755. The number of nitrogens with two attached hydrogens (primary N) is 1. The maximum atomic E-state index is 11.6. The van der Waals surface area contributed by atoms with E-state index in [9.17, 15) is 4.79 Å². The van der Waals surface area contributed by atoms with Gasteiger partial charge in [0.05, 0.1) is 11.5 Å². The van der Waals surface area contributed by atoms with Crippen LogP contribution < -0.4 is 11.1 Å². The molecule has 0 heterocycles. The number of hydrogen-bond donors (Lipinski definition) is 2. The quantitative estimate of drug-likeness (QED) is 0.650. The van der Waals surface area contributed by atoms with Gasteiger partial charge in [0.1, 0.15) is 0 Å². The summed E-state index contributed by atoms with van der Waals surface area (Å²) in [6.07, 6.45) is 0. The molecule has 0 bridgehead atoms. The number of rotatable bonds is 7. The fourth-order valence-corrected chi connectivity index (χ4v) is 1.43. The second-order valence-corrected chi connectivity index (χ2v) is 4.82. The fraction of sp³-hybridized carbons (Fsp3) is 0.818. The van der Waals surface area contributed by atoms with Crippen LogP contribution in [0.2, 0.25) is 0 Å². The van der Waals surface area contributed by atoms with Gasteiger partial charge < -0.3 is 11.1 Å². The van der Waals surface area contributed by atoms with E-state index in [1.807, 2.05) is 32.6 Å². The minimum absolute atomic E-state index is 0.0481. The number of thiocarbonyl (C=S) groups is 1. The first kappa shape index (κ1) is 15.3. The Kier molecular flexibility index (Phi) is 7.25. The molecule has 0 rings (SSSR count). The number of carbonyl (C=O) groups is 1. The van der Waals surface area contributed by atoms with Gasteiger partial charge in [-0.05, 0) is 20.4 Å². The Morgan fingerprint density at radius 1 is 1.44 bits per heavy atom. The normalized spacial score (nSPS) is 12.9. The van der Waals surface area contributed by atoms with Gasteiger partial charge in [-0.2, -0.15) is 0 Å². The van der Waals surface area contributed by atoms with Gasteiger partial charge in [0.15, 0.2) is 0 Å². The van der Waals surface area contributed by atoms with E-state index < -0.39 is 0 Å². The summed E-state index contributed by atoms with van der Waals surface area (Å²) in [5, 5.41) is 2.87. The van der Waals surface area contributed by atoms with Crippen LogP contribution in [0.3, 0.4) is 0 Å². The molecular formula is C11H23N3OS. The predicted molar refractivity (Wildman–Crippen MR) is 71.3 cm³/mol. The molecule has 1 amide bonds. The standard InChI is InChI=1S/C11H23N3OS/c1-5-14(6-9(4)11(12)16)7-10(15)13-8(2)3/h8-9H,5-7H2,1-4H3,(H2,12,16)(H,13,15). The van der Waals surface area contributed by atoms with Crippen molar-refractivity contribution in [2.75, 3.05) is 19.6 Å². The van der Waals surface area contributed by atoms with Gasteiger partial charge in [0, 0.05) is 18.5 Å². The zero-order valence-electron chi connectivity index (χ0n) is 10.6. The van der Waals surface area contributed by atoms with Crippen molar-refractivity contribution in [2.24, 2.45) is 11.7 Å². The molecule has 5 heteroatoms. The summed E-state index contributed by atoms with van der Waals surface area (Å²) in [7, 11) is 0. The fourth-order valence-electron chi connectivity index (χ4n) is 1.35. The zero-order chi connectivity index (χ0) is 12.7. The average molecular weight is 245 g/mol. The van der Waals surface area contributed by atoms with Crippen molar-refractivity contribution >= 4 is 23.1 Å². The smallest absolute Gasteiger partial charge is 0.234 e. The third kappa shape index (κ3) is 6.74. The highest BCUT2D eigenvalue weighted by Crippen LogP contribution is 2.00. The topological polar surface area (TPSA) is 58.4 Å². The highest BCUT2D eigenvalue weighted by atomic mass is 32.1. The highest BCUT2D eigenvalue weighted by molar-refractivity contribution is 7.80. The summed E-state index contributed by atoms with van der Waals surface area (Å²) in [6, 6.07) is 0.180. The van der Waals surface area contributed by atoms with Gasteiger partial charge in [-0.25, -0.2) is 0 Å². The van der Waals surface area contributed by atoms with Crippen molar-refractivity contribution in [1.82, 2.24) is 10.2 Å². The first-order chi connectivity index (χ1) is 7.36. The Bertz CT molecular complexity index is 243. The van der Waals surface area contributed by atoms with Gasteiger partial charge in [-0.1, -0.05) is 26.1 Å². The van der Waals surface area contributed by atoms with Crippen molar-refractivity contribution in [3.63, 3.8) is 0 Å². The van der Waals surface area contributed by atoms with Crippen LogP contribution in [0, 0.1) is 5.92 Å². The second-order valence-electron chi connectivity index (χ2n) is 4.35. The Hall–Kier alpha value is -0.680. The van der Waals surface area contributed by atoms with E-state index in [0.717, 1.165) is 13.1 Å². The van der Waals surface area contributed by atoms with Gasteiger partial charge in [-0.3, -0.25) is 9.69 Å². The SMILES string of the molecule is CCN(CC(=O)NC(C)C)CC(C)C(N)=S. The molecule has 0 saturated heterocycles. The number of nitrogens with one attached hydrogen (secondary N) is 1. The average Bonchev–Trinajstić information content (AvgIpc) is 2.14. The van der Waals surface area contributed by atoms with Crippen LogP contribution in [-0.4, -0.2) is 41.5 Å². The highest BCUT2D eigenvalue weighted by Gasteiger charge is 2.14. The maximum absolute atomic E-state index is 11.6. The monoisotopic (exact) mass is 245 g/mol. The minimum Gasteiger partial charge on any atom is -0.393 e. The second kappa shape index (κ2) is 7.57. The van der Waals surface area contributed by atoms with E-state index in [0.29, 0.717) is 11.5 Å². The molecule has 0 spiro atoms. The summed E-state index contributed by atoms with van der Waals surface area (Å²) in [6.45, 7) is 9.86. The van der Waals surface area contributed by atoms with Crippen molar-refractivity contribution in [3.8, 4) is 0 Å². The number of hydrogen-bond acceptors (Lipinski definition) is 3. The number of nitrogens with zero attached hydrogens (tertiary/aromatic N) is 1. The first-order valence-electron chi connectivity index (χ1n) is 5.67. The molecule has 94 valence electrons. The van der Waals surface area contributed by atoms with Crippen molar-refractivity contribution in [2.45, 2.75) is 33.7 Å². The summed E-state index contributed by atoms with van der Waals surface area (Å²) in [4.78, 5) is 14.1. The summed E-state index contributed by atoms with van der Waals surface area (Å²) < 4.78 is 0. The van der Waals surface area contributed by atoms with Crippen LogP contribution in [0.15, 0.2) is 0 Å². The van der Waals surface area contributed by atoms with Crippen LogP contribution in [0.4, 0.5) is 0 Å². The molecule has 0 aromatic rings. The molecule has 4 nitrogen and oxygen atoms in total. The molecule has 1 atom stereocenters. The lowest BCUT2D eigenvalue weighted by Crippen LogP contribution is -2.42. The van der Waals surface area contributed by atoms with E-state index in [4.69, 9.17) is 18.0 Å². The van der Waals surface area contributed by atoms with Gasteiger partial charge >= 0.3 is 0 Å². The summed E-state index contributed by atoms with van der Waals surface area (Å²) >= 11 is 4.92. The third-order valence-corrected chi connectivity index (χ3v) is 2.68. The van der Waals surface area contributed by atoms with E-state index >= 15 is 0 Å². The van der Waals surface area contributed by atoms with E-state index in [1.165, 1.54) is 0 Å². The van der Waals surface area contributed by atoms with Crippen molar-refractivity contribution in [3.05, 3.63) is 0 Å². The third-order valence-electron chi connectivity index (χ3n) is 2.28. The Labute approximate surface area is 104 Å². The molecule has 16 heavy (non-hydrogen) atoms. The largest absolute Gasteiger partial charge is 0.393 e. The number of amides is 1. The number of carbonyl (C=O) groups excluding carboxylic acids is 1. The first-order valence-corrected chi connectivity index (χ1v) is 6.08. The van der Waals surface area contributed by atoms with Crippen LogP contribution in [-0.2, 0) is 4.79 Å². The molecule has 0 radical (unpaired) electrons. The molecule has 0 saturated carbocycles. The zero-order valence-corrected chi connectivity index (χ0v) is 11.4. The molecule has 0 aromatic carbocycles. The molecule has 0 fully saturated rings. The molecular weight excluding hydrogens is 222 g/mol. The lowest BCUT2D eigenvalue weighted by Gasteiger charge is -2.23. The van der Waals surface area contributed by atoms with E-state index in [-0.39, 0.29) is 17.9 Å². The number of likely N-dealkylation sites (N-methyl/N-ethyl adjacent to an activating group) is 1. The Balaban J connectivity index is 4.09. The maximum Gasteiger partial charge on any atom is 0.234 e. The summed E-state index contributed by atoms with van der Waals surface area (Å²) in [5.74, 6) is 0.189. The van der Waals surface area contributed by atoms with Crippen molar-refractivity contribution in [1.29, 1.82) is 0 Å². The molecule has 3 N–H and O–H groups in total. The molecule has 0 aliphatic carbocycles. The molecule has 0 aliphatic rings. The molecule has 0 aromatic heterocycles.